The molecule has 0 heterocycles. The van der Waals surface area contributed by atoms with Crippen LogP contribution in [0.25, 0.3) is 0 Å². The van der Waals surface area contributed by atoms with Gasteiger partial charge in [-0.05, 0) is 39.7 Å². The second kappa shape index (κ2) is 6.43. The Morgan fingerprint density at radius 2 is 2.05 bits per heavy atom. The molecule has 104 valence electrons. The van der Waals surface area contributed by atoms with E-state index in [4.69, 9.17) is 10.5 Å². The summed E-state index contributed by atoms with van der Waals surface area (Å²) in [7, 11) is 1.58. The highest BCUT2D eigenvalue weighted by molar-refractivity contribution is 9.10. The molecule has 1 amide bonds. The van der Waals surface area contributed by atoms with Crippen LogP contribution in [-0.2, 0) is 11.2 Å². The summed E-state index contributed by atoms with van der Waals surface area (Å²) in [6, 6.07) is 12.7. The zero-order valence-electron chi connectivity index (χ0n) is 11.0. The zero-order chi connectivity index (χ0) is 14.5. The Labute approximate surface area is 126 Å². The van der Waals surface area contributed by atoms with Crippen molar-refractivity contribution in [2.75, 3.05) is 18.2 Å². The van der Waals surface area contributed by atoms with Crippen LogP contribution in [0.2, 0.25) is 0 Å². The Hall–Kier alpha value is -2.01. The van der Waals surface area contributed by atoms with E-state index in [0.29, 0.717) is 17.1 Å². The number of anilines is 2. The third-order valence-electron chi connectivity index (χ3n) is 2.85. The van der Waals surface area contributed by atoms with Gasteiger partial charge in [-0.3, -0.25) is 4.79 Å². The number of hydrogen-bond donors (Lipinski definition) is 2. The van der Waals surface area contributed by atoms with E-state index >= 15 is 0 Å². The second-order valence-corrected chi connectivity index (χ2v) is 5.12. The van der Waals surface area contributed by atoms with Crippen LogP contribution in [-0.4, -0.2) is 13.0 Å². The van der Waals surface area contributed by atoms with Crippen molar-refractivity contribution in [1.82, 2.24) is 0 Å². The van der Waals surface area contributed by atoms with E-state index in [2.05, 4.69) is 21.2 Å². The zero-order valence-corrected chi connectivity index (χ0v) is 12.6. The average molecular weight is 335 g/mol. The number of carbonyl (C=O) groups excluding carboxylic acids is 1. The van der Waals surface area contributed by atoms with Crippen LogP contribution in [0, 0.1) is 0 Å². The van der Waals surface area contributed by atoms with Gasteiger partial charge < -0.3 is 15.8 Å². The molecule has 2 rings (SSSR count). The number of carbonyl (C=O) groups is 1. The number of ether oxygens (including phenoxy) is 1. The predicted molar refractivity (Wildman–Crippen MR) is 83.9 cm³/mol. The summed E-state index contributed by atoms with van der Waals surface area (Å²) < 4.78 is 5.94. The van der Waals surface area contributed by atoms with Crippen LogP contribution in [0.3, 0.4) is 0 Å². The maximum absolute atomic E-state index is 12.1. The summed E-state index contributed by atoms with van der Waals surface area (Å²) >= 11 is 3.39. The highest BCUT2D eigenvalue weighted by Gasteiger charge is 2.09. The molecule has 5 heteroatoms. The second-order valence-electron chi connectivity index (χ2n) is 4.27. The van der Waals surface area contributed by atoms with Crippen LogP contribution >= 0.6 is 15.9 Å². The van der Waals surface area contributed by atoms with E-state index in [-0.39, 0.29) is 12.3 Å². The minimum atomic E-state index is -0.128. The molecule has 0 saturated carbocycles. The number of nitrogen functional groups attached to an aromatic ring is 1. The van der Waals surface area contributed by atoms with Crippen molar-refractivity contribution in [2.45, 2.75) is 6.42 Å². The van der Waals surface area contributed by atoms with Crippen molar-refractivity contribution in [3.05, 3.63) is 52.5 Å². The summed E-state index contributed by atoms with van der Waals surface area (Å²) in [6.45, 7) is 0. The van der Waals surface area contributed by atoms with Crippen LogP contribution in [0.5, 0.6) is 5.75 Å². The summed E-state index contributed by atoms with van der Waals surface area (Å²) in [5, 5.41) is 2.84. The van der Waals surface area contributed by atoms with Gasteiger partial charge in [0.05, 0.1) is 19.2 Å². The van der Waals surface area contributed by atoms with Crippen molar-refractivity contribution in [3.8, 4) is 5.75 Å². The van der Waals surface area contributed by atoms with Crippen molar-refractivity contribution < 1.29 is 9.53 Å². The smallest absolute Gasteiger partial charge is 0.228 e. The number of rotatable bonds is 4. The number of benzene rings is 2. The summed E-state index contributed by atoms with van der Waals surface area (Å²) in [5.41, 5.74) is 7.93. The molecular weight excluding hydrogens is 320 g/mol. The van der Waals surface area contributed by atoms with Crippen LogP contribution in [0.1, 0.15) is 5.56 Å². The highest BCUT2D eigenvalue weighted by atomic mass is 79.9. The van der Waals surface area contributed by atoms with Gasteiger partial charge in [0.15, 0.2) is 0 Å². The molecule has 3 N–H and O–H groups in total. The van der Waals surface area contributed by atoms with Gasteiger partial charge in [0.1, 0.15) is 5.75 Å². The normalized spacial score (nSPS) is 10.1. The molecule has 0 aliphatic rings. The number of para-hydroxylation sites is 1. The maximum Gasteiger partial charge on any atom is 0.228 e. The van der Waals surface area contributed by atoms with E-state index in [1.54, 1.807) is 19.2 Å². The molecule has 0 aliphatic heterocycles. The standard InChI is InChI=1S/C15H15BrN2O2/c1-20-11-6-7-12(16)14(9-11)18-15(19)8-10-4-2-3-5-13(10)17/h2-7,9H,8,17H2,1H3,(H,18,19). The van der Waals surface area contributed by atoms with E-state index in [1.165, 1.54) is 0 Å². The van der Waals surface area contributed by atoms with Crippen LogP contribution in [0.15, 0.2) is 46.9 Å². The van der Waals surface area contributed by atoms with E-state index in [0.717, 1.165) is 10.0 Å². The Balaban J connectivity index is 2.10. The summed E-state index contributed by atoms with van der Waals surface area (Å²) in [4.78, 5) is 12.1. The predicted octanol–water partition coefficient (Wildman–Crippen LogP) is 3.22. The molecule has 20 heavy (non-hydrogen) atoms. The van der Waals surface area contributed by atoms with Gasteiger partial charge >= 0.3 is 0 Å². The minimum Gasteiger partial charge on any atom is -0.497 e. The monoisotopic (exact) mass is 334 g/mol. The lowest BCUT2D eigenvalue weighted by Gasteiger charge is -2.10. The molecule has 0 fully saturated rings. The molecule has 4 nitrogen and oxygen atoms in total. The molecule has 2 aromatic carbocycles. The number of hydrogen-bond acceptors (Lipinski definition) is 3. The van der Waals surface area contributed by atoms with Gasteiger partial charge in [-0.1, -0.05) is 18.2 Å². The Bertz CT molecular complexity index is 629. The molecule has 0 spiro atoms. The lowest BCUT2D eigenvalue weighted by Crippen LogP contribution is -2.15. The minimum absolute atomic E-state index is 0.128. The van der Waals surface area contributed by atoms with E-state index < -0.39 is 0 Å². The molecule has 2 aromatic rings. The summed E-state index contributed by atoms with van der Waals surface area (Å²) in [5.74, 6) is 0.555. The molecule has 0 radical (unpaired) electrons. The number of amides is 1. The highest BCUT2D eigenvalue weighted by Crippen LogP contribution is 2.27. The first-order valence-corrected chi connectivity index (χ1v) is 6.86. The third kappa shape index (κ3) is 3.51. The Morgan fingerprint density at radius 1 is 1.30 bits per heavy atom. The fourth-order valence-electron chi connectivity index (χ4n) is 1.79. The molecule has 0 aromatic heterocycles. The molecular formula is C15H15BrN2O2. The van der Waals surface area contributed by atoms with Gasteiger partial charge in [-0.15, -0.1) is 0 Å². The quantitative estimate of drug-likeness (QED) is 0.843. The largest absolute Gasteiger partial charge is 0.497 e. The molecule has 0 aliphatic carbocycles. The number of halogens is 1. The van der Waals surface area contributed by atoms with Crippen LogP contribution < -0.4 is 15.8 Å². The lowest BCUT2D eigenvalue weighted by atomic mass is 10.1. The van der Waals surface area contributed by atoms with Gasteiger partial charge in [0.2, 0.25) is 5.91 Å². The fraction of sp³-hybridized carbons (Fsp3) is 0.133. The average Bonchev–Trinajstić information content (AvgIpc) is 2.44. The molecule has 0 bridgehead atoms. The van der Waals surface area contributed by atoms with Crippen molar-refractivity contribution in [2.24, 2.45) is 0 Å². The first-order chi connectivity index (χ1) is 9.60. The topological polar surface area (TPSA) is 64.3 Å². The van der Waals surface area contributed by atoms with Crippen LogP contribution in [0.4, 0.5) is 11.4 Å². The molecule has 0 unspecified atom stereocenters. The fourth-order valence-corrected chi connectivity index (χ4v) is 2.14. The Kier molecular flexibility index (Phi) is 4.63. The first kappa shape index (κ1) is 14.4. The molecule has 0 saturated heterocycles. The van der Waals surface area contributed by atoms with Gasteiger partial charge in [0, 0.05) is 16.2 Å². The van der Waals surface area contributed by atoms with Gasteiger partial charge in [-0.2, -0.15) is 0 Å². The maximum atomic E-state index is 12.1. The van der Waals surface area contributed by atoms with Crippen molar-refractivity contribution in [3.63, 3.8) is 0 Å². The van der Waals surface area contributed by atoms with E-state index in [1.807, 2.05) is 30.3 Å². The number of nitrogens with one attached hydrogen (secondary N) is 1. The molecule has 0 atom stereocenters. The third-order valence-corrected chi connectivity index (χ3v) is 3.55. The van der Waals surface area contributed by atoms with Crippen molar-refractivity contribution >= 4 is 33.2 Å². The lowest BCUT2D eigenvalue weighted by molar-refractivity contribution is -0.115. The summed E-state index contributed by atoms with van der Waals surface area (Å²) in [6.07, 6.45) is 0.232. The number of nitrogens with two attached hydrogens (primary N) is 1. The van der Waals surface area contributed by atoms with Crippen molar-refractivity contribution in [1.29, 1.82) is 0 Å². The SMILES string of the molecule is COc1ccc(Br)c(NC(=O)Cc2ccccc2N)c1. The number of methoxy groups -OCH3 is 1. The van der Waals surface area contributed by atoms with Gasteiger partial charge in [-0.25, -0.2) is 0 Å². The first-order valence-electron chi connectivity index (χ1n) is 6.07. The Morgan fingerprint density at radius 3 is 2.75 bits per heavy atom. The van der Waals surface area contributed by atoms with Gasteiger partial charge in [0.25, 0.3) is 0 Å². The van der Waals surface area contributed by atoms with E-state index in [9.17, 15) is 4.79 Å².